The topological polar surface area (TPSA) is 237 Å². The molecule has 0 aromatic carbocycles. The fourth-order valence-corrected chi connectivity index (χ4v) is 11.5. The van der Waals surface area contributed by atoms with Gasteiger partial charge in [-0.1, -0.05) is 283 Å². The van der Waals surface area contributed by atoms with E-state index in [0.29, 0.717) is 32.1 Å². The number of aliphatic hydroxyl groups is 1. The van der Waals surface area contributed by atoms with Gasteiger partial charge in [-0.25, -0.2) is 9.13 Å². The number of allylic oxidation sites excluding steroid dienone is 24. The summed E-state index contributed by atoms with van der Waals surface area (Å²) in [6, 6.07) is 0. The number of hydrogen-bond acceptors (Lipinski definition) is 15. The number of carbonyl (C=O) groups excluding carboxylic acids is 4. The number of esters is 4. The van der Waals surface area contributed by atoms with Crippen molar-refractivity contribution < 1.29 is 80.2 Å². The number of phosphoric acid groups is 2. The van der Waals surface area contributed by atoms with Crippen LogP contribution >= 0.6 is 15.6 Å². The maximum absolute atomic E-state index is 13.1. The highest BCUT2D eigenvalue weighted by Crippen LogP contribution is 2.45. The first-order valence-corrected chi connectivity index (χ1v) is 42.1. The van der Waals surface area contributed by atoms with E-state index in [1.807, 2.05) is 12.2 Å². The van der Waals surface area contributed by atoms with Crippen molar-refractivity contribution in [1.82, 2.24) is 0 Å². The number of hydrogen-bond donors (Lipinski definition) is 3. The van der Waals surface area contributed by atoms with Crippen LogP contribution in [0.4, 0.5) is 0 Å². The van der Waals surface area contributed by atoms with Gasteiger partial charge in [-0.05, 0) is 135 Å². The van der Waals surface area contributed by atoms with Crippen LogP contribution < -0.4 is 0 Å². The molecule has 0 amide bonds. The summed E-state index contributed by atoms with van der Waals surface area (Å²) in [5, 5.41) is 10.6. The lowest BCUT2D eigenvalue weighted by Gasteiger charge is -2.21. The molecule has 3 N–H and O–H groups in total. The molecule has 17 nitrogen and oxygen atoms in total. The minimum Gasteiger partial charge on any atom is -0.462 e. The lowest BCUT2D eigenvalue weighted by molar-refractivity contribution is -0.161. The van der Waals surface area contributed by atoms with Crippen molar-refractivity contribution in [1.29, 1.82) is 0 Å². The first kappa shape index (κ1) is 96.9. The van der Waals surface area contributed by atoms with Gasteiger partial charge in [-0.3, -0.25) is 37.3 Å². The van der Waals surface area contributed by atoms with Gasteiger partial charge in [0.15, 0.2) is 12.2 Å². The molecule has 0 aliphatic carbocycles. The zero-order valence-electron chi connectivity index (χ0n) is 63.5. The molecule has 0 heterocycles. The third-order valence-corrected chi connectivity index (χ3v) is 17.7. The molecule has 19 heteroatoms. The summed E-state index contributed by atoms with van der Waals surface area (Å²) in [7, 11) is -9.99. The fourth-order valence-electron chi connectivity index (χ4n) is 9.97. The van der Waals surface area contributed by atoms with E-state index in [1.54, 1.807) is 0 Å². The second kappa shape index (κ2) is 74.2. The molecule has 0 bridgehead atoms. The van der Waals surface area contributed by atoms with Crippen LogP contribution in [0.2, 0.25) is 0 Å². The summed E-state index contributed by atoms with van der Waals surface area (Å²) in [6.07, 6.45) is 84.1. The number of ether oxygens (including phenoxy) is 4. The molecule has 582 valence electrons. The Kier molecular flexibility index (Phi) is 70.5. The van der Waals surface area contributed by atoms with E-state index >= 15 is 0 Å². The van der Waals surface area contributed by atoms with Crippen molar-refractivity contribution in [3.8, 4) is 0 Å². The Morgan fingerprint density at radius 2 is 0.520 bits per heavy atom. The summed E-state index contributed by atoms with van der Waals surface area (Å²) in [6.45, 7) is 4.42. The molecule has 0 rings (SSSR count). The number of unbranched alkanes of at least 4 members (excludes halogenated alkanes) is 22. The minimum atomic E-state index is -5.00. The quantitative estimate of drug-likeness (QED) is 0.0169. The lowest BCUT2D eigenvalue weighted by Crippen LogP contribution is -2.30. The molecule has 0 aliphatic heterocycles. The average molecular weight is 1470 g/mol. The third kappa shape index (κ3) is 73.3. The van der Waals surface area contributed by atoms with E-state index < -0.39 is 97.5 Å². The van der Waals surface area contributed by atoms with Gasteiger partial charge in [-0.2, -0.15) is 0 Å². The molecule has 5 atom stereocenters. The molecule has 0 aromatic rings. The highest BCUT2D eigenvalue weighted by Gasteiger charge is 2.30. The molecule has 0 aliphatic rings. The van der Waals surface area contributed by atoms with Crippen LogP contribution in [-0.2, 0) is 65.4 Å². The van der Waals surface area contributed by atoms with Crippen molar-refractivity contribution in [2.75, 3.05) is 39.6 Å². The van der Waals surface area contributed by atoms with E-state index in [9.17, 15) is 43.2 Å². The largest absolute Gasteiger partial charge is 0.472 e. The minimum absolute atomic E-state index is 0.0503. The summed E-state index contributed by atoms with van der Waals surface area (Å²) in [5.74, 6) is -2.29. The second-order valence-corrected chi connectivity index (χ2v) is 28.4. The van der Waals surface area contributed by atoms with Crippen LogP contribution in [0.5, 0.6) is 0 Å². The Morgan fingerprint density at radius 1 is 0.284 bits per heavy atom. The Labute approximate surface area is 617 Å². The molecule has 0 saturated heterocycles. The highest BCUT2D eigenvalue weighted by atomic mass is 31.2. The zero-order chi connectivity index (χ0) is 74.6. The van der Waals surface area contributed by atoms with Gasteiger partial charge >= 0.3 is 39.5 Å². The SMILES string of the molecule is CC/C=C\C/C=C\C/C=C\C/C=C\C/C=C\CCCC(=O)OCC(COP(=O)(O)OCC(O)COP(=O)(O)OCC(COC(=O)CCCCCCC/C=C\C/C=C\C/C=C\CC)OC(=O)CCCCCCCCCCCCCCC)OC(=O)CCCCCC/C=C\C/C=C\C/C=C\C/C=C\CC. The molecular formula is C83H138O17P2. The highest BCUT2D eigenvalue weighted by molar-refractivity contribution is 7.47. The molecule has 0 aromatic heterocycles. The normalized spacial score (nSPS) is 14.7. The average Bonchev–Trinajstić information content (AvgIpc) is 0.959. The first-order valence-electron chi connectivity index (χ1n) is 39.1. The first-order chi connectivity index (χ1) is 49.7. The smallest absolute Gasteiger partial charge is 0.462 e. The standard InChI is InChI=1S/C83H138O17P2/c1-5-9-13-17-21-25-29-33-36-38-41-45-48-52-56-60-64-68-81(86)94-74-79(100-83(88)70-66-62-58-54-50-46-42-39-37-34-30-26-22-18-14-10-6-2)76-98-102(91,92)96-72-77(84)71-95-101(89,90)97-75-78(99-82(87)69-65-61-57-53-49-43-32-28-24-20-16-12-8-4)73-93-80(85)67-63-59-55-51-47-44-40-35-31-27-23-19-15-11-7-3/h9-11,13-15,21-23,25-27,33-37,40-42,45-46,52,56,77-79,84H,5-8,12,16-20,24,28-32,38-39,43-44,47-51,53-55,57-76H2,1-4H3,(H,89,90)(H,91,92)/b13-9-,14-10-,15-11-,25-21-,26-22-,27-23-,36-33-,37-34-,40-35-,45-41-,46-42-,56-52-. The van der Waals surface area contributed by atoms with Crippen molar-refractivity contribution in [2.24, 2.45) is 0 Å². The summed E-state index contributed by atoms with van der Waals surface area (Å²) < 4.78 is 68.5. The molecule has 0 spiro atoms. The number of aliphatic hydroxyl groups excluding tert-OH is 1. The van der Waals surface area contributed by atoms with E-state index in [0.717, 1.165) is 161 Å². The van der Waals surface area contributed by atoms with Gasteiger partial charge in [-0.15, -0.1) is 0 Å². The molecular weight excluding hydrogens is 1330 g/mol. The van der Waals surface area contributed by atoms with Crippen molar-refractivity contribution in [2.45, 2.75) is 316 Å². The van der Waals surface area contributed by atoms with Gasteiger partial charge in [0.25, 0.3) is 0 Å². The third-order valence-electron chi connectivity index (χ3n) is 15.8. The number of phosphoric ester groups is 2. The predicted octanol–water partition coefficient (Wildman–Crippen LogP) is 22.7. The van der Waals surface area contributed by atoms with Crippen LogP contribution in [0, 0.1) is 0 Å². The van der Waals surface area contributed by atoms with Gasteiger partial charge in [0.2, 0.25) is 0 Å². The van der Waals surface area contributed by atoms with Gasteiger partial charge in [0.1, 0.15) is 19.3 Å². The van der Waals surface area contributed by atoms with Crippen LogP contribution in [0.15, 0.2) is 146 Å². The molecule has 0 fully saturated rings. The van der Waals surface area contributed by atoms with Crippen LogP contribution in [0.3, 0.4) is 0 Å². The molecule has 102 heavy (non-hydrogen) atoms. The van der Waals surface area contributed by atoms with Gasteiger partial charge in [0, 0.05) is 25.7 Å². The Hall–Kier alpha value is -5.06. The van der Waals surface area contributed by atoms with Crippen molar-refractivity contribution in [3.63, 3.8) is 0 Å². The van der Waals surface area contributed by atoms with Gasteiger partial charge < -0.3 is 33.8 Å². The maximum Gasteiger partial charge on any atom is 0.472 e. The van der Waals surface area contributed by atoms with Crippen LogP contribution in [0.25, 0.3) is 0 Å². The molecule has 0 saturated carbocycles. The summed E-state index contributed by atoms with van der Waals surface area (Å²) in [5.41, 5.74) is 0. The van der Waals surface area contributed by atoms with Crippen LogP contribution in [0.1, 0.15) is 297 Å². The van der Waals surface area contributed by atoms with E-state index in [-0.39, 0.29) is 25.7 Å². The van der Waals surface area contributed by atoms with E-state index in [2.05, 4.69) is 161 Å². The van der Waals surface area contributed by atoms with Crippen molar-refractivity contribution in [3.05, 3.63) is 146 Å². The fraction of sp³-hybridized carbons (Fsp3) is 0.663. The summed E-state index contributed by atoms with van der Waals surface area (Å²) >= 11 is 0. The Morgan fingerprint density at radius 3 is 0.824 bits per heavy atom. The molecule has 0 radical (unpaired) electrons. The maximum atomic E-state index is 13.1. The number of rotatable bonds is 72. The Balaban J connectivity index is 5.45. The van der Waals surface area contributed by atoms with Crippen LogP contribution in [-0.4, -0.2) is 96.7 Å². The van der Waals surface area contributed by atoms with Gasteiger partial charge in [0.05, 0.1) is 26.4 Å². The van der Waals surface area contributed by atoms with E-state index in [4.69, 9.17) is 37.0 Å². The Bertz CT molecular complexity index is 2510. The lowest BCUT2D eigenvalue weighted by atomic mass is 10.0. The predicted molar refractivity (Wildman–Crippen MR) is 417 cm³/mol. The number of carbonyl (C=O) groups is 4. The van der Waals surface area contributed by atoms with E-state index in [1.165, 1.54) is 51.4 Å². The zero-order valence-corrected chi connectivity index (χ0v) is 65.3. The second-order valence-electron chi connectivity index (χ2n) is 25.5. The van der Waals surface area contributed by atoms with Crippen molar-refractivity contribution >= 4 is 39.5 Å². The molecule has 5 unspecified atom stereocenters. The monoisotopic (exact) mass is 1470 g/mol. The summed E-state index contributed by atoms with van der Waals surface area (Å²) in [4.78, 5) is 72.9.